The predicted octanol–water partition coefficient (Wildman–Crippen LogP) is 4.43. The lowest BCUT2D eigenvalue weighted by molar-refractivity contribution is -0.135. The van der Waals surface area contributed by atoms with Crippen LogP contribution >= 0.6 is 0 Å². The molecule has 1 heterocycles. The molecule has 0 N–H and O–H groups in total. The van der Waals surface area contributed by atoms with E-state index in [4.69, 9.17) is 4.74 Å². The summed E-state index contributed by atoms with van der Waals surface area (Å²) in [7, 11) is 1.64. The topological polar surface area (TPSA) is 32.8 Å². The van der Waals surface area contributed by atoms with E-state index >= 15 is 0 Å². The number of carbonyl (C=O) groups is 1. The van der Waals surface area contributed by atoms with Gasteiger partial charge in [0, 0.05) is 19.6 Å². The molecule has 5 heteroatoms. The lowest BCUT2D eigenvalue weighted by Crippen LogP contribution is -2.44. The molecule has 2 aromatic rings. The van der Waals surface area contributed by atoms with E-state index in [0.717, 1.165) is 30.0 Å². The molecule has 0 bridgehead atoms. The SMILES string of the molecule is COc1ccc([C@H]2/C=C\CN(CC(C)C)CC(=O)N2Cc2ccc(F)cc2)cc1. The molecule has 1 aliphatic rings. The molecule has 1 amide bonds. The molecule has 0 aromatic heterocycles. The van der Waals surface area contributed by atoms with Crippen LogP contribution in [0.3, 0.4) is 0 Å². The van der Waals surface area contributed by atoms with E-state index in [0.29, 0.717) is 19.0 Å². The number of nitrogens with zero attached hydrogens (tertiary/aromatic N) is 2. The first-order valence-corrected chi connectivity index (χ1v) is 10.0. The minimum Gasteiger partial charge on any atom is -0.497 e. The number of ether oxygens (including phenoxy) is 1. The summed E-state index contributed by atoms with van der Waals surface area (Å²) in [6, 6.07) is 14.0. The Kier molecular flexibility index (Phi) is 7.04. The Morgan fingerprint density at radius 1 is 1.10 bits per heavy atom. The van der Waals surface area contributed by atoms with Gasteiger partial charge in [-0.2, -0.15) is 0 Å². The zero-order valence-electron chi connectivity index (χ0n) is 17.3. The van der Waals surface area contributed by atoms with E-state index in [-0.39, 0.29) is 17.8 Å². The second-order valence-corrected chi connectivity index (χ2v) is 7.88. The predicted molar refractivity (Wildman–Crippen MR) is 113 cm³/mol. The first-order valence-electron chi connectivity index (χ1n) is 10.0. The molecule has 0 unspecified atom stereocenters. The molecule has 0 radical (unpaired) electrons. The van der Waals surface area contributed by atoms with Gasteiger partial charge in [-0.25, -0.2) is 4.39 Å². The van der Waals surface area contributed by atoms with Gasteiger partial charge in [0.05, 0.1) is 19.7 Å². The number of halogens is 1. The molecule has 1 aliphatic heterocycles. The highest BCUT2D eigenvalue weighted by Crippen LogP contribution is 2.28. The molecule has 0 aliphatic carbocycles. The Morgan fingerprint density at radius 2 is 1.79 bits per heavy atom. The third kappa shape index (κ3) is 5.67. The summed E-state index contributed by atoms with van der Waals surface area (Å²) in [5.41, 5.74) is 1.93. The molecule has 4 nitrogen and oxygen atoms in total. The van der Waals surface area contributed by atoms with Crippen LogP contribution in [0.5, 0.6) is 5.75 Å². The van der Waals surface area contributed by atoms with Gasteiger partial charge in [0.15, 0.2) is 0 Å². The van der Waals surface area contributed by atoms with Gasteiger partial charge < -0.3 is 9.64 Å². The number of carbonyl (C=O) groups excluding carboxylic acids is 1. The summed E-state index contributed by atoms with van der Waals surface area (Å²) in [5.74, 6) is 1.06. The van der Waals surface area contributed by atoms with Crippen LogP contribution < -0.4 is 4.74 Å². The third-order valence-corrected chi connectivity index (χ3v) is 5.04. The number of methoxy groups -OCH3 is 1. The van der Waals surface area contributed by atoms with Gasteiger partial charge in [0.2, 0.25) is 5.91 Å². The van der Waals surface area contributed by atoms with Crippen molar-refractivity contribution in [2.24, 2.45) is 5.92 Å². The molecule has 2 aromatic carbocycles. The summed E-state index contributed by atoms with van der Waals surface area (Å²) in [4.78, 5) is 17.3. The number of rotatable bonds is 6. The molecule has 0 saturated heterocycles. The Labute approximate surface area is 172 Å². The fraction of sp³-hybridized carbons (Fsp3) is 0.375. The third-order valence-electron chi connectivity index (χ3n) is 5.04. The summed E-state index contributed by atoms with van der Waals surface area (Å²) >= 11 is 0. The van der Waals surface area contributed by atoms with Gasteiger partial charge in [-0.15, -0.1) is 0 Å². The maximum absolute atomic E-state index is 13.3. The standard InChI is InChI=1S/C24H29FN2O2/c1-18(2)15-26-14-4-5-23(20-8-12-22(29-3)13-9-20)27(24(28)17-26)16-19-6-10-21(25)11-7-19/h4-13,18,23H,14-17H2,1-3H3/b5-4-/t23-/m1/s1. The highest BCUT2D eigenvalue weighted by molar-refractivity contribution is 5.79. The van der Waals surface area contributed by atoms with Crippen LogP contribution in [0.2, 0.25) is 0 Å². The van der Waals surface area contributed by atoms with Crippen LogP contribution in [-0.4, -0.2) is 42.5 Å². The molecular formula is C24H29FN2O2. The average Bonchev–Trinajstić information content (AvgIpc) is 2.70. The molecular weight excluding hydrogens is 367 g/mol. The molecule has 1 atom stereocenters. The minimum atomic E-state index is -0.276. The van der Waals surface area contributed by atoms with Crippen LogP contribution in [0.15, 0.2) is 60.7 Å². The number of amides is 1. The molecule has 29 heavy (non-hydrogen) atoms. The first-order chi connectivity index (χ1) is 14.0. The van der Waals surface area contributed by atoms with Crippen LogP contribution in [0.25, 0.3) is 0 Å². The Bertz CT molecular complexity index is 831. The fourth-order valence-corrected chi connectivity index (χ4v) is 3.67. The molecule has 0 saturated carbocycles. The average molecular weight is 397 g/mol. The summed E-state index contributed by atoms with van der Waals surface area (Å²) < 4.78 is 18.6. The molecule has 3 rings (SSSR count). The fourth-order valence-electron chi connectivity index (χ4n) is 3.67. The Hall–Kier alpha value is -2.66. The Morgan fingerprint density at radius 3 is 2.41 bits per heavy atom. The second kappa shape index (κ2) is 9.70. The van der Waals surface area contributed by atoms with Crippen LogP contribution in [0, 0.1) is 11.7 Å². The lowest BCUT2D eigenvalue weighted by Gasteiger charge is -2.35. The van der Waals surface area contributed by atoms with E-state index < -0.39 is 0 Å². The van der Waals surface area contributed by atoms with Crippen molar-refractivity contribution < 1.29 is 13.9 Å². The van der Waals surface area contributed by atoms with Gasteiger partial charge >= 0.3 is 0 Å². The van der Waals surface area contributed by atoms with E-state index in [9.17, 15) is 9.18 Å². The van der Waals surface area contributed by atoms with Gasteiger partial charge in [0.25, 0.3) is 0 Å². The monoisotopic (exact) mass is 396 g/mol. The molecule has 0 fully saturated rings. The normalized spacial score (nSPS) is 19.1. The van der Waals surface area contributed by atoms with Gasteiger partial charge in [0.1, 0.15) is 11.6 Å². The molecule has 154 valence electrons. The van der Waals surface area contributed by atoms with Crippen molar-refractivity contribution in [3.63, 3.8) is 0 Å². The van der Waals surface area contributed by atoms with Crippen molar-refractivity contribution in [2.75, 3.05) is 26.7 Å². The van der Waals surface area contributed by atoms with E-state index in [2.05, 4.69) is 30.9 Å². The summed E-state index contributed by atoms with van der Waals surface area (Å²) in [5, 5.41) is 0. The van der Waals surface area contributed by atoms with Crippen molar-refractivity contribution >= 4 is 5.91 Å². The van der Waals surface area contributed by atoms with Crippen LogP contribution in [-0.2, 0) is 11.3 Å². The zero-order chi connectivity index (χ0) is 20.8. The van der Waals surface area contributed by atoms with Crippen molar-refractivity contribution in [1.29, 1.82) is 0 Å². The zero-order valence-corrected chi connectivity index (χ0v) is 17.3. The minimum absolute atomic E-state index is 0.0696. The first kappa shape index (κ1) is 21.1. The van der Waals surface area contributed by atoms with Crippen molar-refractivity contribution in [3.8, 4) is 5.75 Å². The Balaban J connectivity index is 1.92. The van der Waals surface area contributed by atoms with E-state index in [1.807, 2.05) is 29.2 Å². The highest BCUT2D eigenvalue weighted by Gasteiger charge is 2.27. The van der Waals surface area contributed by atoms with Crippen LogP contribution in [0.4, 0.5) is 4.39 Å². The van der Waals surface area contributed by atoms with Gasteiger partial charge in [-0.1, -0.05) is 50.3 Å². The maximum Gasteiger partial charge on any atom is 0.237 e. The van der Waals surface area contributed by atoms with Gasteiger partial charge in [-0.3, -0.25) is 9.69 Å². The quantitative estimate of drug-likeness (QED) is 0.677. The van der Waals surface area contributed by atoms with Crippen molar-refractivity contribution in [1.82, 2.24) is 9.80 Å². The van der Waals surface area contributed by atoms with E-state index in [1.165, 1.54) is 12.1 Å². The molecule has 0 spiro atoms. The lowest BCUT2D eigenvalue weighted by atomic mass is 10.0. The highest BCUT2D eigenvalue weighted by atomic mass is 19.1. The number of hydrogen-bond donors (Lipinski definition) is 0. The largest absolute Gasteiger partial charge is 0.497 e. The van der Waals surface area contributed by atoms with Crippen molar-refractivity contribution in [3.05, 3.63) is 77.6 Å². The van der Waals surface area contributed by atoms with Crippen LogP contribution in [0.1, 0.15) is 31.0 Å². The second-order valence-electron chi connectivity index (χ2n) is 7.88. The maximum atomic E-state index is 13.3. The number of benzene rings is 2. The smallest absolute Gasteiger partial charge is 0.237 e. The van der Waals surface area contributed by atoms with Crippen molar-refractivity contribution in [2.45, 2.75) is 26.4 Å². The van der Waals surface area contributed by atoms with E-state index in [1.54, 1.807) is 19.2 Å². The van der Waals surface area contributed by atoms with Gasteiger partial charge in [-0.05, 0) is 41.3 Å². The summed E-state index contributed by atoms with van der Waals surface area (Å²) in [6.45, 7) is 6.73. The number of hydrogen-bond acceptors (Lipinski definition) is 3. The summed E-state index contributed by atoms with van der Waals surface area (Å²) in [6.07, 6.45) is 4.23.